The number of benzene rings is 3. The molecule has 1 atom stereocenters. The van der Waals surface area contributed by atoms with Gasteiger partial charge in [0.25, 0.3) is 17.7 Å². The molecule has 13 heteroatoms. The first kappa shape index (κ1) is 37.7. The summed E-state index contributed by atoms with van der Waals surface area (Å²) >= 11 is 6.32. The van der Waals surface area contributed by atoms with Gasteiger partial charge < -0.3 is 15.1 Å². The van der Waals surface area contributed by atoms with Crippen molar-refractivity contribution in [2.45, 2.75) is 89.5 Å². The molecule has 8 rings (SSSR count). The van der Waals surface area contributed by atoms with Crippen molar-refractivity contribution in [3.05, 3.63) is 93.0 Å². The summed E-state index contributed by atoms with van der Waals surface area (Å²) in [6, 6.07) is 18.9. The lowest BCUT2D eigenvalue weighted by Crippen LogP contribution is -2.54. The highest BCUT2D eigenvalue weighted by atomic mass is 35.5. The average molecular weight is 776 g/mol. The normalized spacial score (nSPS) is 22.8. The van der Waals surface area contributed by atoms with E-state index in [9.17, 15) is 29.2 Å². The molecule has 0 spiro atoms. The quantitative estimate of drug-likeness (QED) is 0.273. The number of anilines is 2. The number of nitrogens with zero attached hydrogens (tertiary/aromatic N) is 5. The summed E-state index contributed by atoms with van der Waals surface area (Å²) in [4.78, 5) is 72.0. The highest BCUT2D eigenvalue weighted by molar-refractivity contribution is 6.32. The van der Waals surface area contributed by atoms with Crippen molar-refractivity contribution >= 4 is 52.5 Å². The third-order valence-electron chi connectivity index (χ3n) is 12.4. The minimum atomic E-state index is -0.960. The maximum Gasteiger partial charge on any atom is 0.262 e. The molecule has 4 heterocycles. The van der Waals surface area contributed by atoms with Crippen LogP contribution in [0, 0.1) is 17.2 Å². The standard InChI is InChI=1S/C43H46ClN7O5/c1-2-50(34-10-5-28(22-45)37(44)21-34)33-11-6-31(7-12-33)46-40(53)27-3-8-32(9-4-27)49-17-15-26(16-18-49)23-48-24-29-19-35-36(20-30(29)25-48)43(56)51(42(35)55)38-13-14-39(52)47-41(38)54/h3-5,8-10,19-21,26,31,33,38H,2,6-7,11-18,23-25H2,1H3,(H,46,53)(H,47,52,54)/t31-,33-,38-/m1/s1. The highest BCUT2D eigenvalue weighted by Crippen LogP contribution is 2.35. The third-order valence-corrected chi connectivity index (χ3v) is 12.7. The summed E-state index contributed by atoms with van der Waals surface area (Å²) < 4.78 is 0. The van der Waals surface area contributed by atoms with Gasteiger partial charge in [-0.1, -0.05) is 11.6 Å². The summed E-state index contributed by atoms with van der Waals surface area (Å²) in [5.41, 5.74) is 6.05. The monoisotopic (exact) mass is 775 g/mol. The lowest BCUT2D eigenvalue weighted by atomic mass is 9.89. The predicted molar refractivity (Wildman–Crippen MR) is 211 cm³/mol. The summed E-state index contributed by atoms with van der Waals surface area (Å²) in [7, 11) is 0. The number of hydrogen-bond acceptors (Lipinski definition) is 9. The van der Waals surface area contributed by atoms with Crippen molar-refractivity contribution < 1.29 is 24.0 Å². The molecule has 0 unspecified atom stereocenters. The minimum absolute atomic E-state index is 0.0397. The van der Waals surface area contributed by atoms with E-state index in [0.29, 0.717) is 52.3 Å². The van der Waals surface area contributed by atoms with Gasteiger partial charge in [-0.2, -0.15) is 5.26 Å². The van der Waals surface area contributed by atoms with E-state index in [-0.39, 0.29) is 30.7 Å². The number of rotatable bonds is 9. The van der Waals surface area contributed by atoms with Crippen LogP contribution in [0.1, 0.15) is 106 Å². The van der Waals surface area contributed by atoms with Crippen LogP contribution in [-0.4, -0.2) is 83.6 Å². The third kappa shape index (κ3) is 7.38. The maximum absolute atomic E-state index is 13.3. The van der Waals surface area contributed by atoms with E-state index in [1.54, 1.807) is 6.07 Å². The van der Waals surface area contributed by atoms with Gasteiger partial charge in [-0.3, -0.25) is 39.1 Å². The molecule has 56 heavy (non-hydrogen) atoms. The summed E-state index contributed by atoms with van der Waals surface area (Å²) in [6.45, 7) is 7.17. The number of carbonyl (C=O) groups is 5. The number of nitrogens with one attached hydrogen (secondary N) is 2. The van der Waals surface area contributed by atoms with Crippen LogP contribution in [0.2, 0.25) is 5.02 Å². The van der Waals surface area contributed by atoms with E-state index >= 15 is 0 Å². The van der Waals surface area contributed by atoms with Gasteiger partial charge in [0.15, 0.2) is 0 Å². The fraction of sp³-hybridized carbons (Fsp3) is 0.442. The smallest absolute Gasteiger partial charge is 0.262 e. The summed E-state index contributed by atoms with van der Waals surface area (Å²) in [5, 5.41) is 15.2. The Bertz CT molecular complexity index is 2070. The molecule has 0 bridgehead atoms. The zero-order valence-corrected chi connectivity index (χ0v) is 32.3. The zero-order chi connectivity index (χ0) is 39.1. The largest absolute Gasteiger partial charge is 0.372 e. The number of imide groups is 2. The van der Waals surface area contributed by atoms with Crippen molar-refractivity contribution in [2.24, 2.45) is 5.92 Å². The SMILES string of the molecule is CCN(c1ccc(C#N)c(Cl)c1)[C@H]1CC[C@H](NC(=O)c2ccc(N3CCC(CN4Cc5cc6c(cc5C4)C(=O)N([C@@H]4CCC(=O)NC4=O)C6=O)CC3)cc2)CC1. The highest BCUT2D eigenvalue weighted by Gasteiger charge is 2.45. The number of halogens is 1. The van der Waals surface area contributed by atoms with Crippen LogP contribution < -0.4 is 20.4 Å². The van der Waals surface area contributed by atoms with Gasteiger partial charge in [-0.25, -0.2) is 0 Å². The Morgan fingerprint density at radius 3 is 2.14 bits per heavy atom. The topological polar surface area (TPSA) is 146 Å². The van der Waals surface area contributed by atoms with E-state index in [4.69, 9.17) is 11.6 Å². The molecule has 3 aromatic rings. The first-order valence-corrected chi connectivity index (χ1v) is 20.2. The molecule has 0 aromatic heterocycles. The van der Waals surface area contributed by atoms with Crippen molar-refractivity contribution in [3.63, 3.8) is 0 Å². The molecule has 290 valence electrons. The average Bonchev–Trinajstić information content (AvgIpc) is 3.70. The lowest BCUT2D eigenvalue weighted by Gasteiger charge is -2.38. The summed E-state index contributed by atoms with van der Waals surface area (Å²) in [6.07, 6.45) is 6.06. The number of nitriles is 1. The van der Waals surface area contributed by atoms with Gasteiger partial charge in [-0.15, -0.1) is 0 Å². The molecule has 1 saturated carbocycles. The van der Waals surface area contributed by atoms with Crippen molar-refractivity contribution in [1.29, 1.82) is 5.26 Å². The number of amides is 5. The van der Waals surface area contributed by atoms with Crippen LogP contribution in [0.4, 0.5) is 11.4 Å². The molecular weight excluding hydrogens is 730 g/mol. The molecule has 0 radical (unpaired) electrons. The molecule has 3 fully saturated rings. The predicted octanol–water partition coefficient (Wildman–Crippen LogP) is 5.41. The second-order valence-electron chi connectivity index (χ2n) is 15.8. The zero-order valence-electron chi connectivity index (χ0n) is 31.6. The molecule has 2 N–H and O–H groups in total. The van der Waals surface area contributed by atoms with Gasteiger partial charge in [0.05, 0.1) is 21.7 Å². The lowest BCUT2D eigenvalue weighted by molar-refractivity contribution is -0.136. The molecule has 3 aromatic carbocycles. The van der Waals surface area contributed by atoms with Gasteiger partial charge in [0, 0.05) is 74.7 Å². The number of fused-ring (bicyclic) bond motifs is 2. The van der Waals surface area contributed by atoms with Crippen molar-refractivity contribution in [2.75, 3.05) is 36.0 Å². The van der Waals surface area contributed by atoms with Gasteiger partial charge >= 0.3 is 0 Å². The number of hydrogen-bond donors (Lipinski definition) is 2. The van der Waals surface area contributed by atoms with Crippen LogP contribution in [0.5, 0.6) is 0 Å². The first-order valence-electron chi connectivity index (χ1n) is 19.8. The first-order chi connectivity index (χ1) is 27.1. The van der Waals surface area contributed by atoms with E-state index < -0.39 is 23.8 Å². The molecule has 2 saturated heterocycles. The number of piperidine rings is 2. The van der Waals surface area contributed by atoms with Crippen LogP contribution >= 0.6 is 11.6 Å². The van der Waals surface area contributed by atoms with Gasteiger partial charge in [-0.05, 0) is 124 Å². The molecule has 12 nitrogen and oxygen atoms in total. The van der Waals surface area contributed by atoms with E-state index in [2.05, 4.69) is 38.3 Å². The maximum atomic E-state index is 13.3. The van der Waals surface area contributed by atoms with Gasteiger partial charge in [0.2, 0.25) is 11.8 Å². The second-order valence-corrected chi connectivity index (χ2v) is 16.2. The Labute approximate surface area is 331 Å². The van der Waals surface area contributed by atoms with Crippen LogP contribution in [0.15, 0.2) is 54.6 Å². The Kier molecular flexibility index (Phi) is 10.6. The molecule has 5 amide bonds. The number of carbonyl (C=O) groups excluding carboxylic acids is 5. The molecular formula is C43H46ClN7O5. The van der Waals surface area contributed by atoms with E-state index in [1.807, 2.05) is 48.5 Å². The molecule has 1 aliphatic carbocycles. The van der Waals surface area contributed by atoms with Gasteiger partial charge in [0.1, 0.15) is 12.1 Å². The Hall–Kier alpha value is -5.25. The van der Waals surface area contributed by atoms with Crippen LogP contribution in [0.25, 0.3) is 0 Å². The molecule has 5 aliphatic rings. The fourth-order valence-electron chi connectivity index (χ4n) is 9.36. The molecule has 4 aliphatic heterocycles. The van der Waals surface area contributed by atoms with Crippen molar-refractivity contribution in [1.82, 2.24) is 20.4 Å². The Morgan fingerprint density at radius 1 is 0.893 bits per heavy atom. The Morgan fingerprint density at radius 2 is 1.55 bits per heavy atom. The minimum Gasteiger partial charge on any atom is -0.372 e. The van der Waals surface area contributed by atoms with Crippen molar-refractivity contribution in [3.8, 4) is 6.07 Å². The van der Waals surface area contributed by atoms with E-state index in [0.717, 1.165) is 92.1 Å². The Balaban J connectivity index is 0.787. The summed E-state index contributed by atoms with van der Waals surface area (Å²) in [5.74, 6) is -1.44. The van der Waals surface area contributed by atoms with Crippen LogP contribution in [0.3, 0.4) is 0 Å². The van der Waals surface area contributed by atoms with E-state index in [1.165, 1.54) is 0 Å². The fourth-order valence-corrected chi connectivity index (χ4v) is 9.57. The van der Waals surface area contributed by atoms with Crippen LogP contribution in [-0.2, 0) is 22.7 Å². The second kappa shape index (κ2) is 15.7.